The van der Waals surface area contributed by atoms with Gasteiger partial charge in [-0.3, -0.25) is 9.59 Å². The van der Waals surface area contributed by atoms with Gasteiger partial charge < -0.3 is 19.4 Å². The number of methoxy groups -OCH3 is 1. The molecule has 4 rings (SSSR count). The van der Waals surface area contributed by atoms with E-state index in [2.05, 4.69) is 10.3 Å². The van der Waals surface area contributed by atoms with Crippen LogP contribution in [0.25, 0.3) is 10.2 Å². The fraction of sp³-hybridized carbons (Fsp3) is 0.440. The molecule has 204 valence electrons. The molecule has 0 spiro atoms. The molecule has 3 aromatic rings. The highest BCUT2D eigenvalue weighted by Crippen LogP contribution is 2.38. The summed E-state index contributed by atoms with van der Waals surface area (Å²) >= 11 is 2.51. The van der Waals surface area contributed by atoms with Crippen molar-refractivity contribution in [3.63, 3.8) is 0 Å². The van der Waals surface area contributed by atoms with Gasteiger partial charge in [-0.15, -0.1) is 11.3 Å². The fourth-order valence-electron chi connectivity index (χ4n) is 4.34. The van der Waals surface area contributed by atoms with Gasteiger partial charge in [-0.1, -0.05) is 17.8 Å². The van der Waals surface area contributed by atoms with Crippen molar-refractivity contribution in [2.24, 2.45) is 12.0 Å². The summed E-state index contributed by atoms with van der Waals surface area (Å²) in [4.78, 5) is 43.2. The monoisotopic (exact) mass is 579 g/mol. The molecule has 0 atom stereocenters. The SMILES string of the molecule is CCOC(=O)c1c(NC(=O)CS(=O)(=O)CC(=O)N=c2sc3cc(OC)ccc3n2C)sc2c1CCCCC2. The standard InChI is InChI=1S/C25H29N3O7S3/c1-4-35-24(31)22-16-8-6-5-7-9-18(16)36-23(22)26-20(29)13-38(32,33)14-21(30)27-25-28(2)17-11-10-15(34-3)12-19(17)37-25/h10-12H,4-9,13-14H2,1-3H3,(H,26,29). The number of sulfone groups is 1. The van der Waals surface area contributed by atoms with E-state index in [1.54, 1.807) is 37.8 Å². The number of anilines is 1. The van der Waals surface area contributed by atoms with Gasteiger partial charge >= 0.3 is 5.97 Å². The summed E-state index contributed by atoms with van der Waals surface area (Å²) in [6.07, 6.45) is 4.45. The summed E-state index contributed by atoms with van der Waals surface area (Å²) in [7, 11) is -0.840. The van der Waals surface area contributed by atoms with Gasteiger partial charge in [-0.25, -0.2) is 13.2 Å². The maximum absolute atomic E-state index is 12.7. The summed E-state index contributed by atoms with van der Waals surface area (Å²) in [6, 6.07) is 5.41. The second-order valence-corrected chi connectivity index (χ2v) is 13.0. The first kappa shape index (κ1) is 28.0. The van der Waals surface area contributed by atoms with Crippen molar-refractivity contribution in [1.82, 2.24) is 4.57 Å². The second kappa shape index (κ2) is 11.8. The molecule has 0 aliphatic heterocycles. The number of nitrogens with zero attached hydrogens (tertiary/aromatic N) is 2. The van der Waals surface area contributed by atoms with Crippen LogP contribution in [0, 0.1) is 0 Å². The first-order chi connectivity index (χ1) is 18.1. The molecule has 13 heteroatoms. The van der Waals surface area contributed by atoms with Crippen molar-refractivity contribution in [2.45, 2.75) is 39.0 Å². The van der Waals surface area contributed by atoms with Crippen LogP contribution in [0.1, 0.15) is 47.0 Å². The van der Waals surface area contributed by atoms with Crippen LogP contribution in [0.5, 0.6) is 5.75 Å². The molecule has 2 aromatic heterocycles. The first-order valence-corrected chi connectivity index (χ1v) is 15.6. The molecule has 1 aromatic carbocycles. The minimum atomic E-state index is -4.12. The minimum absolute atomic E-state index is 0.182. The van der Waals surface area contributed by atoms with E-state index in [4.69, 9.17) is 9.47 Å². The van der Waals surface area contributed by atoms with Crippen LogP contribution in [0.3, 0.4) is 0 Å². The van der Waals surface area contributed by atoms with E-state index in [0.29, 0.717) is 27.5 Å². The van der Waals surface area contributed by atoms with E-state index in [9.17, 15) is 22.8 Å². The molecule has 0 fully saturated rings. The van der Waals surface area contributed by atoms with Gasteiger partial charge in [-0.2, -0.15) is 4.99 Å². The number of carbonyl (C=O) groups excluding carboxylic acids is 3. The predicted molar refractivity (Wildman–Crippen MR) is 147 cm³/mol. The van der Waals surface area contributed by atoms with Crippen LogP contribution in [0.15, 0.2) is 23.2 Å². The summed E-state index contributed by atoms with van der Waals surface area (Å²) in [6.45, 7) is 1.88. The van der Waals surface area contributed by atoms with Crippen LogP contribution in [-0.4, -0.2) is 56.0 Å². The van der Waals surface area contributed by atoms with Gasteiger partial charge in [0.05, 0.1) is 29.5 Å². The topological polar surface area (TPSA) is 133 Å². The van der Waals surface area contributed by atoms with Gasteiger partial charge in [0.1, 0.15) is 22.3 Å². The van der Waals surface area contributed by atoms with E-state index in [1.807, 2.05) is 6.07 Å². The summed E-state index contributed by atoms with van der Waals surface area (Å²) in [5.41, 5.74) is 1.99. The van der Waals surface area contributed by atoms with E-state index < -0.39 is 39.1 Å². The Hall–Kier alpha value is -3.03. The Morgan fingerprint density at radius 2 is 1.87 bits per heavy atom. The predicted octanol–water partition coefficient (Wildman–Crippen LogP) is 3.24. The molecule has 0 bridgehead atoms. The third kappa shape index (κ3) is 6.33. The van der Waals surface area contributed by atoms with Crippen molar-refractivity contribution in [1.29, 1.82) is 0 Å². The van der Waals surface area contributed by atoms with Crippen LogP contribution < -0.4 is 14.9 Å². The maximum atomic E-state index is 12.7. The van der Waals surface area contributed by atoms with E-state index in [1.165, 1.54) is 22.7 Å². The molecule has 10 nitrogen and oxygen atoms in total. The lowest BCUT2D eigenvalue weighted by Crippen LogP contribution is -2.28. The smallest absolute Gasteiger partial charge is 0.341 e. The summed E-state index contributed by atoms with van der Waals surface area (Å²) in [5, 5.41) is 2.88. The van der Waals surface area contributed by atoms with E-state index >= 15 is 0 Å². The number of fused-ring (bicyclic) bond motifs is 2. The Morgan fingerprint density at radius 1 is 1.11 bits per heavy atom. The van der Waals surface area contributed by atoms with Gasteiger partial charge in [0.2, 0.25) is 5.91 Å². The Kier molecular flexibility index (Phi) is 8.68. The number of nitrogens with one attached hydrogen (secondary N) is 1. The van der Waals surface area contributed by atoms with Gasteiger partial charge in [0, 0.05) is 11.9 Å². The van der Waals surface area contributed by atoms with Crippen molar-refractivity contribution in [3.8, 4) is 5.75 Å². The number of carbonyl (C=O) groups is 3. The minimum Gasteiger partial charge on any atom is -0.497 e. The van der Waals surface area contributed by atoms with E-state index in [0.717, 1.165) is 46.3 Å². The third-order valence-corrected chi connectivity index (χ3v) is 9.78. The van der Waals surface area contributed by atoms with Gasteiger partial charge in [-0.05, 0) is 56.4 Å². The first-order valence-electron chi connectivity index (χ1n) is 12.1. The highest BCUT2D eigenvalue weighted by atomic mass is 32.2. The molecule has 0 saturated heterocycles. The second-order valence-electron chi connectivity index (χ2n) is 8.85. The van der Waals surface area contributed by atoms with Crippen LogP contribution >= 0.6 is 22.7 Å². The highest BCUT2D eigenvalue weighted by molar-refractivity contribution is 7.92. The molecule has 1 aliphatic carbocycles. The average molecular weight is 580 g/mol. The molecule has 2 heterocycles. The lowest BCUT2D eigenvalue weighted by molar-refractivity contribution is -0.115. The Bertz CT molecular complexity index is 1560. The fourth-order valence-corrected chi connectivity index (χ4v) is 7.71. The molecule has 38 heavy (non-hydrogen) atoms. The molecular formula is C25H29N3O7S3. The number of aromatic nitrogens is 1. The zero-order chi connectivity index (χ0) is 27.4. The van der Waals surface area contributed by atoms with Gasteiger partial charge in [0.25, 0.3) is 5.91 Å². The molecule has 0 radical (unpaired) electrons. The van der Waals surface area contributed by atoms with Crippen molar-refractivity contribution >= 4 is 65.5 Å². The van der Waals surface area contributed by atoms with Crippen LogP contribution in [0.4, 0.5) is 5.00 Å². The Balaban J connectivity index is 1.49. The third-order valence-electron chi connectivity index (χ3n) is 6.09. The Labute approximate surface area is 228 Å². The number of ether oxygens (including phenoxy) is 2. The number of hydrogen-bond donors (Lipinski definition) is 1. The molecule has 1 N–H and O–H groups in total. The van der Waals surface area contributed by atoms with Gasteiger partial charge in [0.15, 0.2) is 14.6 Å². The Morgan fingerprint density at radius 3 is 2.61 bits per heavy atom. The number of aryl methyl sites for hydroxylation is 2. The zero-order valence-electron chi connectivity index (χ0n) is 21.4. The van der Waals surface area contributed by atoms with Crippen LogP contribution in [0.2, 0.25) is 0 Å². The van der Waals surface area contributed by atoms with E-state index in [-0.39, 0.29) is 6.61 Å². The van der Waals surface area contributed by atoms with Crippen molar-refractivity contribution < 1.29 is 32.3 Å². The molecular weight excluding hydrogens is 550 g/mol. The van der Waals surface area contributed by atoms with Crippen molar-refractivity contribution in [3.05, 3.63) is 39.0 Å². The van der Waals surface area contributed by atoms with Crippen molar-refractivity contribution in [2.75, 3.05) is 30.5 Å². The number of thiazole rings is 1. The number of rotatable bonds is 8. The average Bonchev–Trinajstić information content (AvgIpc) is 3.23. The normalized spacial score (nSPS) is 14.1. The molecule has 0 saturated carbocycles. The molecule has 0 unspecified atom stereocenters. The maximum Gasteiger partial charge on any atom is 0.341 e. The summed E-state index contributed by atoms with van der Waals surface area (Å²) < 4.78 is 38.3. The molecule has 1 aliphatic rings. The lowest BCUT2D eigenvalue weighted by atomic mass is 10.1. The quantitative estimate of drug-likeness (QED) is 0.320. The number of hydrogen-bond acceptors (Lipinski definition) is 9. The number of thiophene rings is 1. The van der Waals surface area contributed by atoms with Crippen LogP contribution in [-0.2, 0) is 44.1 Å². The highest BCUT2D eigenvalue weighted by Gasteiger charge is 2.28. The summed E-state index contributed by atoms with van der Waals surface area (Å²) in [5.74, 6) is -3.40. The number of esters is 1. The number of benzene rings is 1. The molecule has 2 amide bonds. The lowest BCUT2D eigenvalue weighted by Gasteiger charge is -2.08. The largest absolute Gasteiger partial charge is 0.497 e. The zero-order valence-corrected chi connectivity index (χ0v) is 23.8. The number of amides is 2.